The van der Waals surface area contributed by atoms with Crippen molar-refractivity contribution in [3.63, 3.8) is 0 Å². The fourth-order valence-corrected chi connectivity index (χ4v) is 3.72. The first kappa shape index (κ1) is 19.4. The summed E-state index contributed by atoms with van der Waals surface area (Å²) in [6.07, 6.45) is -3.43. The van der Waals surface area contributed by atoms with Crippen molar-refractivity contribution >= 4 is 23.2 Å². The highest BCUT2D eigenvalue weighted by Crippen LogP contribution is 2.29. The average molecular weight is 396 g/mol. The summed E-state index contributed by atoms with van der Waals surface area (Å²) in [5.41, 5.74) is -0.554. The van der Waals surface area contributed by atoms with Crippen molar-refractivity contribution in [1.82, 2.24) is 9.80 Å². The van der Waals surface area contributed by atoms with Crippen LogP contribution >= 0.6 is 11.3 Å². The largest absolute Gasteiger partial charge is 0.416 e. The maximum Gasteiger partial charge on any atom is 0.416 e. The molecule has 2 amide bonds. The minimum atomic E-state index is -4.42. The monoisotopic (exact) mass is 396 g/mol. The lowest BCUT2D eigenvalue weighted by Crippen LogP contribution is -2.37. The van der Waals surface area contributed by atoms with Crippen molar-refractivity contribution in [1.29, 1.82) is 0 Å². The van der Waals surface area contributed by atoms with E-state index in [2.05, 4.69) is 0 Å². The highest BCUT2D eigenvalue weighted by atomic mass is 32.1. The predicted molar refractivity (Wildman–Crippen MR) is 96.6 cm³/mol. The van der Waals surface area contributed by atoms with E-state index in [0.29, 0.717) is 39.0 Å². The molecule has 1 fully saturated rings. The number of carbonyl (C=O) groups excluding carboxylic acids is 2. The first-order chi connectivity index (χ1) is 12.8. The lowest BCUT2D eigenvalue weighted by molar-refractivity contribution is -0.137. The summed E-state index contributed by atoms with van der Waals surface area (Å²) in [4.78, 5) is 29.4. The summed E-state index contributed by atoms with van der Waals surface area (Å²) >= 11 is 1.53. The maximum atomic E-state index is 12.7. The molecule has 2 aromatic rings. The predicted octanol–water partition coefficient (Wildman–Crippen LogP) is 3.68. The van der Waals surface area contributed by atoms with Gasteiger partial charge in [-0.15, -0.1) is 11.3 Å². The molecule has 1 aromatic heterocycles. The van der Waals surface area contributed by atoms with E-state index in [1.807, 2.05) is 17.5 Å². The maximum absolute atomic E-state index is 12.7. The van der Waals surface area contributed by atoms with Crippen molar-refractivity contribution in [3.8, 4) is 0 Å². The molecule has 0 saturated carbocycles. The molecule has 3 rings (SSSR count). The Bertz CT molecular complexity index is 788. The van der Waals surface area contributed by atoms with Gasteiger partial charge < -0.3 is 9.80 Å². The van der Waals surface area contributed by atoms with Gasteiger partial charge in [0.25, 0.3) is 5.91 Å². The molecule has 4 nitrogen and oxygen atoms in total. The molecule has 1 aromatic carbocycles. The summed E-state index contributed by atoms with van der Waals surface area (Å²) in [6, 6.07) is 8.07. The third-order valence-corrected chi connectivity index (χ3v) is 5.38. The van der Waals surface area contributed by atoms with E-state index in [9.17, 15) is 22.8 Å². The number of hydrogen-bond acceptors (Lipinski definition) is 3. The average Bonchev–Trinajstić information content (AvgIpc) is 3.01. The highest BCUT2D eigenvalue weighted by molar-refractivity contribution is 7.10. The van der Waals surface area contributed by atoms with Crippen LogP contribution in [0.1, 0.15) is 27.2 Å². The van der Waals surface area contributed by atoms with Gasteiger partial charge in [0, 0.05) is 36.6 Å². The lowest BCUT2D eigenvalue weighted by atomic mass is 10.1. The van der Waals surface area contributed by atoms with Crippen LogP contribution in [-0.4, -0.2) is 47.8 Å². The van der Waals surface area contributed by atoms with E-state index >= 15 is 0 Å². The van der Waals surface area contributed by atoms with Gasteiger partial charge in [-0.25, -0.2) is 0 Å². The lowest BCUT2D eigenvalue weighted by Gasteiger charge is -2.22. The molecule has 8 heteroatoms. The van der Waals surface area contributed by atoms with Crippen molar-refractivity contribution < 1.29 is 22.8 Å². The van der Waals surface area contributed by atoms with Crippen LogP contribution in [0, 0.1) is 0 Å². The first-order valence-corrected chi connectivity index (χ1v) is 9.49. The Morgan fingerprint density at radius 1 is 0.963 bits per heavy atom. The van der Waals surface area contributed by atoms with Gasteiger partial charge >= 0.3 is 6.18 Å². The van der Waals surface area contributed by atoms with Gasteiger partial charge in [0.15, 0.2) is 0 Å². The number of thiophene rings is 1. The second-order valence-electron chi connectivity index (χ2n) is 6.36. The smallest absolute Gasteiger partial charge is 0.341 e. The fraction of sp³-hybridized carbons (Fsp3) is 0.368. The molecule has 2 heterocycles. The topological polar surface area (TPSA) is 40.6 Å². The third-order valence-electron chi connectivity index (χ3n) is 4.50. The van der Waals surface area contributed by atoms with Crippen molar-refractivity contribution in [2.75, 3.05) is 26.2 Å². The molecule has 0 spiro atoms. The Kier molecular flexibility index (Phi) is 5.84. The summed E-state index contributed by atoms with van der Waals surface area (Å²) < 4.78 is 38.0. The summed E-state index contributed by atoms with van der Waals surface area (Å²) in [7, 11) is 0. The van der Waals surface area contributed by atoms with Crippen LogP contribution in [0.4, 0.5) is 13.2 Å². The van der Waals surface area contributed by atoms with Crippen molar-refractivity contribution in [2.45, 2.75) is 19.0 Å². The minimum Gasteiger partial charge on any atom is -0.341 e. The molecule has 1 saturated heterocycles. The summed E-state index contributed by atoms with van der Waals surface area (Å²) in [5.74, 6) is -0.280. The molecule has 0 N–H and O–H groups in total. The van der Waals surface area contributed by atoms with E-state index in [0.717, 1.165) is 17.0 Å². The van der Waals surface area contributed by atoms with E-state index in [4.69, 9.17) is 0 Å². The number of rotatable bonds is 3. The molecule has 1 aliphatic rings. The quantitative estimate of drug-likeness (QED) is 0.794. The number of benzene rings is 1. The zero-order valence-electron chi connectivity index (χ0n) is 14.5. The number of amides is 2. The normalized spacial score (nSPS) is 15.5. The van der Waals surface area contributed by atoms with Gasteiger partial charge in [-0.2, -0.15) is 13.2 Å². The zero-order chi connectivity index (χ0) is 19.4. The van der Waals surface area contributed by atoms with Gasteiger partial charge in [0.05, 0.1) is 12.0 Å². The van der Waals surface area contributed by atoms with E-state index in [1.54, 1.807) is 9.80 Å². The molecule has 0 bridgehead atoms. The molecule has 144 valence electrons. The molecule has 0 unspecified atom stereocenters. The van der Waals surface area contributed by atoms with E-state index in [-0.39, 0.29) is 17.4 Å². The number of halogens is 3. The SMILES string of the molecule is O=C(Cc1cccs1)N1CCCN(C(=O)c2ccc(C(F)(F)F)cc2)CC1. The van der Waals surface area contributed by atoms with Gasteiger partial charge in [-0.3, -0.25) is 9.59 Å². The second kappa shape index (κ2) is 8.12. The third kappa shape index (κ3) is 4.88. The molecule has 0 radical (unpaired) electrons. The number of hydrogen-bond donors (Lipinski definition) is 0. The van der Waals surface area contributed by atoms with Crippen LogP contribution in [0.3, 0.4) is 0 Å². The van der Waals surface area contributed by atoms with E-state index < -0.39 is 11.7 Å². The van der Waals surface area contributed by atoms with Gasteiger partial charge in [0.2, 0.25) is 5.91 Å². The first-order valence-electron chi connectivity index (χ1n) is 8.61. The summed E-state index contributed by atoms with van der Waals surface area (Å²) in [5, 5.41) is 1.93. The number of nitrogens with zero attached hydrogens (tertiary/aromatic N) is 2. The van der Waals surface area contributed by atoms with Crippen LogP contribution in [-0.2, 0) is 17.4 Å². The van der Waals surface area contributed by atoms with Gasteiger partial charge in [0.1, 0.15) is 0 Å². The Labute approximate surface area is 159 Å². The van der Waals surface area contributed by atoms with Crippen LogP contribution < -0.4 is 0 Å². The van der Waals surface area contributed by atoms with Crippen molar-refractivity contribution in [3.05, 3.63) is 57.8 Å². The molecule has 27 heavy (non-hydrogen) atoms. The van der Waals surface area contributed by atoms with Crippen LogP contribution in [0.2, 0.25) is 0 Å². The van der Waals surface area contributed by atoms with Crippen LogP contribution in [0.5, 0.6) is 0 Å². The summed E-state index contributed by atoms with van der Waals surface area (Å²) in [6.45, 7) is 1.84. The minimum absolute atomic E-state index is 0.0290. The second-order valence-corrected chi connectivity index (χ2v) is 7.39. The standard InChI is InChI=1S/C19H19F3N2O2S/c20-19(21,22)15-6-4-14(5-7-15)18(26)24-9-2-8-23(10-11-24)17(25)13-16-3-1-12-27-16/h1,3-7,12H,2,8-11,13H2. The van der Waals surface area contributed by atoms with Gasteiger partial charge in [-0.05, 0) is 42.1 Å². The zero-order valence-corrected chi connectivity index (χ0v) is 15.4. The Morgan fingerprint density at radius 3 is 2.26 bits per heavy atom. The fourth-order valence-electron chi connectivity index (χ4n) is 3.03. The Morgan fingerprint density at radius 2 is 1.63 bits per heavy atom. The van der Waals surface area contributed by atoms with Crippen LogP contribution in [0.15, 0.2) is 41.8 Å². The van der Waals surface area contributed by atoms with Crippen LogP contribution in [0.25, 0.3) is 0 Å². The number of carbonyl (C=O) groups is 2. The molecular weight excluding hydrogens is 377 g/mol. The molecular formula is C19H19F3N2O2S. The van der Waals surface area contributed by atoms with Crippen molar-refractivity contribution in [2.24, 2.45) is 0 Å². The van der Waals surface area contributed by atoms with E-state index in [1.165, 1.54) is 23.5 Å². The Hall–Kier alpha value is -2.35. The van der Waals surface area contributed by atoms with Gasteiger partial charge in [-0.1, -0.05) is 6.07 Å². The highest BCUT2D eigenvalue weighted by Gasteiger charge is 2.30. The molecule has 0 aliphatic carbocycles. The molecule has 1 aliphatic heterocycles. The molecule has 0 atom stereocenters. The Balaban J connectivity index is 1.60. The number of alkyl halides is 3.